The lowest BCUT2D eigenvalue weighted by molar-refractivity contribution is 0.0723. The zero-order chi connectivity index (χ0) is 15.8. The number of hydrogen-bond acceptors (Lipinski definition) is 2. The van der Waals surface area contributed by atoms with Gasteiger partial charge in [0.1, 0.15) is 5.82 Å². The van der Waals surface area contributed by atoms with Crippen molar-refractivity contribution in [3.05, 3.63) is 35.1 Å². The first-order chi connectivity index (χ1) is 10.0. The van der Waals surface area contributed by atoms with Gasteiger partial charge in [0.15, 0.2) is 0 Å². The van der Waals surface area contributed by atoms with Crippen molar-refractivity contribution >= 4 is 5.91 Å². The summed E-state index contributed by atoms with van der Waals surface area (Å²) in [5.74, 6) is 4.92. The van der Waals surface area contributed by atoms with Crippen LogP contribution in [0.2, 0.25) is 0 Å². The average Bonchev–Trinajstić information content (AvgIpc) is 2.49. The minimum Gasteiger partial charge on any atom is -0.395 e. The Labute approximate surface area is 125 Å². The van der Waals surface area contributed by atoms with Crippen molar-refractivity contribution in [2.24, 2.45) is 0 Å². The largest absolute Gasteiger partial charge is 0.395 e. The van der Waals surface area contributed by atoms with Crippen LogP contribution in [0.4, 0.5) is 4.39 Å². The van der Waals surface area contributed by atoms with E-state index in [0.29, 0.717) is 12.0 Å². The SMILES string of the molecule is CCC(CC)N(C)C(=O)c1cc(F)ccc1C#CCCO. The lowest BCUT2D eigenvalue weighted by Crippen LogP contribution is -2.36. The zero-order valence-electron chi connectivity index (χ0n) is 12.8. The van der Waals surface area contributed by atoms with Crippen molar-refractivity contribution in [1.29, 1.82) is 0 Å². The van der Waals surface area contributed by atoms with Crippen LogP contribution in [-0.2, 0) is 0 Å². The van der Waals surface area contributed by atoms with E-state index in [1.165, 1.54) is 18.2 Å². The summed E-state index contributed by atoms with van der Waals surface area (Å²) in [7, 11) is 1.73. The monoisotopic (exact) mass is 291 g/mol. The molecule has 0 saturated carbocycles. The number of rotatable bonds is 5. The highest BCUT2D eigenvalue weighted by molar-refractivity contribution is 5.96. The highest BCUT2D eigenvalue weighted by Crippen LogP contribution is 2.16. The molecule has 0 saturated heterocycles. The van der Waals surface area contributed by atoms with Crippen molar-refractivity contribution in [2.75, 3.05) is 13.7 Å². The summed E-state index contributed by atoms with van der Waals surface area (Å²) in [6.45, 7) is 4.00. The smallest absolute Gasteiger partial charge is 0.255 e. The Bertz CT molecular complexity index is 541. The number of aliphatic hydroxyl groups is 1. The fourth-order valence-corrected chi connectivity index (χ4v) is 2.21. The summed E-state index contributed by atoms with van der Waals surface area (Å²) in [5.41, 5.74) is 0.766. The van der Waals surface area contributed by atoms with Crippen LogP contribution in [0.5, 0.6) is 0 Å². The average molecular weight is 291 g/mol. The molecule has 21 heavy (non-hydrogen) atoms. The van der Waals surface area contributed by atoms with Gasteiger partial charge in [-0.2, -0.15) is 0 Å². The van der Waals surface area contributed by atoms with Gasteiger partial charge in [-0.3, -0.25) is 4.79 Å². The van der Waals surface area contributed by atoms with Crippen molar-refractivity contribution in [3.8, 4) is 11.8 Å². The Hall–Kier alpha value is -1.86. The Kier molecular flexibility index (Phi) is 6.90. The van der Waals surface area contributed by atoms with E-state index >= 15 is 0 Å². The van der Waals surface area contributed by atoms with E-state index in [1.54, 1.807) is 11.9 Å². The first kappa shape index (κ1) is 17.2. The van der Waals surface area contributed by atoms with E-state index in [4.69, 9.17) is 5.11 Å². The summed E-state index contributed by atoms with van der Waals surface area (Å²) in [5, 5.41) is 8.75. The zero-order valence-corrected chi connectivity index (χ0v) is 12.8. The normalized spacial score (nSPS) is 10.2. The number of amides is 1. The molecular formula is C17H22FNO2. The Morgan fingerprint density at radius 2 is 2.05 bits per heavy atom. The molecule has 1 aromatic rings. The van der Waals surface area contributed by atoms with Crippen LogP contribution in [0.25, 0.3) is 0 Å². The molecule has 0 spiro atoms. The molecule has 0 bridgehead atoms. The Morgan fingerprint density at radius 3 is 2.62 bits per heavy atom. The molecule has 0 atom stereocenters. The van der Waals surface area contributed by atoms with Gasteiger partial charge in [0, 0.05) is 25.1 Å². The summed E-state index contributed by atoms with van der Waals surface area (Å²) < 4.78 is 13.5. The maximum atomic E-state index is 13.5. The minimum absolute atomic E-state index is 0.0366. The van der Waals surface area contributed by atoms with Crippen LogP contribution in [0.3, 0.4) is 0 Å². The van der Waals surface area contributed by atoms with Crippen molar-refractivity contribution < 1.29 is 14.3 Å². The second-order valence-corrected chi connectivity index (χ2v) is 4.85. The summed E-state index contributed by atoms with van der Waals surface area (Å²) in [6, 6.07) is 4.15. The van der Waals surface area contributed by atoms with Gasteiger partial charge in [-0.05, 0) is 31.0 Å². The molecule has 3 nitrogen and oxygen atoms in total. The number of nitrogens with zero attached hydrogens (tertiary/aromatic N) is 1. The van der Waals surface area contributed by atoms with Crippen LogP contribution in [0.15, 0.2) is 18.2 Å². The maximum absolute atomic E-state index is 13.5. The van der Waals surface area contributed by atoms with Crippen LogP contribution in [-0.4, -0.2) is 35.6 Å². The molecule has 1 aromatic carbocycles. The molecule has 1 N–H and O–H groups in total. The standard InChI is InChI=1S/C17H22FNO2/c1-4-15(5-2)19(3)17(21)16-12-14(18)10-9-13(16)8-6-7-11-20/h9-10,12,15,20H,4-5,7,11H2,1-3H3. The minimum atomic E-state index is -0.455. The number of carbonyl (C=O) groups is 1. The van der Waals surface area contributed by atoms with E-state index in [1.807, 2.05) is 13.8 Å². The molecule has 0 aliphatic heterocycles. The van der Waals surface area contributed by atoms with Crippen LogP contribution < -0.4 is 0 Å². The molecule has 0 unspecified atom stereocenters. The molecular weight excluding hydrogens is 269 g/mol. The number of carbonyl (C=O) groups excluding carboxylic acids is 1. The van der Waals surface area contributed by atoms with Gasteiger partial charge in [0.25, 0.3) is 5.91 Å². The van der Waals surface area contributed by atoms with Crippen LogP contribution in [0.1, 0.15) is 49.0 Å². The van der Waals surface area contributed by atoms with Crippen molar-refractivity contribution in [3.63, 3.8) is 0 Å². The van der Waals surface area contributed by atoms with Crippen molar-refractivity contribution in [1.82, 2.24) is 4.90 Å². The third-order valence-electron chi connectivity index (χ3n) is 3.48. The molecule has 4 heteroatoms. The molecule has 0 aliphatic carbocycles. The number of hydrogen-bond donors (Lipinski definition) is 1. The highest BCUT2D eigenvalue weighted by Gasteiger charge is 2.20. The molecule has 0 aliphatic rings. The first-order valence-electron chi connectivity index (χ1n) is 7.21. The first-order valence-corrected chi connectivity index (χ1v) is 7.21. The second-order valence-electron chi connectivity index (χ2n) is 4.85. The lowest BCUT2D eigenvalue weighted by Gasteiger charge is -2.26. The predicted octanol–water partition coefficient (Wildman–Crippen LogP) is 2.82. The van der Waals surface area contributed by atoms with Gasteiger partial charge in [-0.25, -0.2) is 4.39 Å². The Balaban J connectivity index is 3.13. The van der Waals surface area contributed by atoms with Gasteiger partial charge >= 0.3 is 0 Å². The number of benzene rings is 1. The quantitative estimate of drug-likeness (QED) is 0.847. The molecule has 0 radical (unpaired) electrons. The van der Waals surface area contributed by atoms with Gasteiger partial charge in [0.2, 0.25) is 0 Å². The molecule has 0 fully saturated rings. The lowest BCUT2D eigenvalue weighted by atomic mass is 10.0. The van der Waals surface area contributed by atoms with Crippen LogP contribution >= 0.6 is 0 Å². The summed E-state index contributed by atoms with van der Waals surface area (Å²) >= 11 is 0. The van der Waals surface area contributed by atoms with Gasteiger partial charge < -0.3 is 10.0 Å². The fraction of sp³-hybridized carbons (Fsp3) is 0.471. The summed E-state index contributed by atoms with van der Waals surface area (Å²) in [6.07, 6.45) is 2.02. The number of halogens is 1. The van der Waals surface area contributed by atoms with E-state index in [0.717, 1.165) is 12.8 Å². The third kappa shape index (κ3) is 4.57. The van der Waals surface area contributed by atoms with E-state index in [2.05, 4.69) is 11.8 Å². The molecule has 0 aromatic heterocycles. The molecule has 1 amide bonds. The summed E-state index contributed by atoms with van der Waals surface area (Å²) in [4.78, 5) is 14.2. The van der Waals surface area contributed by atoms with Gasteiger partial charge in [-0.15, -0.1) is 0 Å². The highest BCUT2D eigenvalue weighted by atomic mass is 19.1. The van der Waals surface area contributed by atoms with Gasteiger partial charge in [0.05, 0.1) is 12.2 Å². The molecule has 0 heterocycles. The maximum Gasteiger partial charge on any atom is 0.255 e. The topological polar surface area (TPSA) is 40.5 Å². The van der Waals surface area contributed by atoms with E-state index in [9.17, 15) is 9.18 Å². The molecule has 1 rings (SSSR count). The molecule has 114 valence electrons. The van der Waals surface area contributed by atoms with Crippen molar-refractivity contribution in [2.45, 2.75) is 39.2 Å². The van der Waals surface area contributed by atoms with E-state index < -0.39 is 5.82 Å². The van der Waals surface area contributed by atoms with Gasteiger partial charge in [-0.1, -0.05) is 25.7 Å². The second kappa shape index (κ2) is 8.43. The van der Waals surface area contributed by atoms with E-state index in [-0.39, 0.29) is 24.1 Å². The fourth-order valence-electron chi connectivity index (χ4n) is 2.21. The third-order valence-corrected chi connectivity index (χ3v) is 3.48. The Morgan fingerprint density at radius 1 is 1.38 bits per heavy atom. The number of aliphatic hydroxyl groups excluding tert-OH is 1. The van der Waals surface area contributed by atoms with Crippen LogP contribution in [0, 0.1) is 17.7 Å². The predicted molar refractivity (Wildman–Crippen MR) is 81.4 cm³/mol.